The number of hydrogen-bond donors (Lipinski definition) is 1. The smallest absolute Gasteiger partial charge is 0.000356 e. The first-order valence-electron chi connectivity index (χ1n) is 6.44. The van der Waals surface area contributed by atoms with Crippen molar-refractivity contribution in [2.75, 3.05) is 34.7 Å². The van der Waals surface area contributed by atoms with Crippen LogP contribution in [0.1, 0.15) is 46.0 Å². The van der Waals surface area contributed by atoms with Crippen LogP contribution in [0.3, 0.4) is 0 Å². The molecule has 0 atom stereocenters. The topological polar surface area (TPSA) is 15.3 Å². The van der Waals surface area contributed by atoms with Gasteiger partial charge in [0.15, 0.2) is 0 Å². The zero-order valence-corrected chi connectivity index (χ0v) is 11.8. The third kappa shape index (κ3) is 13.9. The Morgan fingerprint density at radius 2 is 1.40 bits per heavy atom. The number of rotatable bonds is 2. The van der Waals surface area contributed by atoms with Crippen molar-refractivity contribution in [1.29, 1.82) is 0 Å². The lowest BCUT2D eigenvalue weighted by Crippen LogP contribution is -2.23. The monoisotopic (exact) mass is 216 g/mol. The highest BCUT2D eigenvalue weighted by Gasteiger charge is 2.13. The average molecular weight is 216 g/mol. The third-order valence-corrected chi connectivity index (χ3v) is 2.35. The fourth-order valence-electron chi connectivity index (χ4n) is 1.89. The predicted molar refractivity (Wildman–Crippen MR) is 71.5 cm³/mol. The Balaban J connectivity index is 0. The highest BCUT2D eigenvalue weighted by Crippen LogP contribution is 2.23. The van der Waals surface area contributed by atoms with E-state index in [1.807, 2.05) is 27.9 Å². The van der Waals surface area contributed by atoms with Crippen LogP contribution in [0.25, 0.3) is 0 Å². The van der Waals surface area contributed by atoms with Gasteiger partial charge in [-0.1, -0.05) is 33.1 Å². The summed E-state index contributed by atoms with van der Waals surface area (Å²) >= 11 is 0. The molecule has 0 aliphatic heterocycles. The van der Waals surface area contributed by atoms with E-state index in [-0.39, 0.29) is 0 Å². The maximum Gasteiger partial charge on any atom is 0.000356 e. The Morgan fingerprint density at radius 3 is 1.73 bits per heavy atom. The van der Waals surface area contributed by atoms with Crippen molar-refractivity contribution in [2.24, 2.45) is 5.92 Å². The minimum atomic E-state index is 1.00. The Hall–Kier alpha value is -0.0800. The lowest BCUT2D eigenvalue weighted by molar-refractivity contribution is 0.264. The zero-order valence-electron chi connectivity index (χ0n) is 11.8. The highest BCUT2D eigenvalue weighted by molar-refractivity contribution is 4.67. The maximum absolute atomic E-state index is 2.75. The third-order valence-electron chi connectivity index (χ3n) is 2.35. The fourth-order valence-corrected chi connectivity index (χ4v) is 1.89. The Bertz CT molecular complexity index is 96.7. The van der Waals surface area contributed by atoms with Crippen LogP contribution in [0.2, 0.25) is 0 Å². The van der Waals surface area contributed by atoms with Gasteiger partial charge in [0, 0.05) is 6.54 Å². The van der Waals surface area contributed by atoms with Crippen LogP contribution in [0.15, 0.2) is 0 Å². The van der Waals surface area contributed by atoms with Crippen molar-refractivity contribution in [1.82, 2.24) is 10.2 Å². The number of nitrogens with zero attached hydrogens (tertiary/aromatic N) is 1. The van der Waals surface area contributed by atoms with E-state index in [1.54, 1.807) is 0 Å². The summed E-state index contributed by atoms with van der Waals surface area (Å²) in [7, 11) is 8.10. The average Bonchev–Trinajstić information content (AvgIpc) is 2.22. The van der Waals surface area contributed by atoms with Crippen LogP contribution >= 0.6 is 0 Å². The molecule has 0 spiro atoms. The molecule has 0 aromatic rings. The van der Waals surface area contributed by atoms with Gasteiger partial charge in [0.2, 0.25) is 0 Å². The van der Waals surface area contributed by atoms with Crippen molar-refractivity contribution in [3.8, 4) is 0 Å². The SMILES string of the molecule is CC.CN(C)CC1CCCCC1.CNC. The molecule has 0 aromatic carbocycles. The van der Waals surface area contributed by atoms with Gasteiger partial charge >= 0.3 is 0 Å². The molecular formula is C13H32N2. The Labute approximate surface area is 97.4 Å². The van der Waals surface area contributed by atoms with Gasteiger partial charge in [-0.15, -0.1) is 0 Å². The quantitative estimate of drug-likeness (QED) is 0.763. The molecule has 1 rings (SSSR count). The maximum atomic E-state index is 2.75. The van der Waals surface area contributed by atoms with Crippen molar-refractivity contribution in [3.63, 3.8) is 0 Å². The van der Waals surface area contributed by atoms with Gasteiger partial charge in [-0.2, -0.15) is 0 Å². The molecule has 0 amide bonds. The van der Waals surface area contributed by atoms with Gasteiger partial charge in [-0.25, -0.2) is 0 Å². The van der Waals surface area contributed by atoms with E-state index in [9.17, 15) is 0 Å². The zero-order chi connectivity index (χ0) is 12.1. The lowest BCUT2D eigenvalue weighted by atomic mass is 9.89. The van der Waals surface area contributed by atoms with Gasteiger partial charge in [0.05, 0.1) is 0 Å². The standard InChI is InChI=1S/C9H19N.C2H7N.C2H6/c1-10(2)8-9-6-4-3-5-7-9;1-3-2;1-2/h9H,3-8H2,1-2H3;3H,1-2H3;1-2H3. The van der Waals surface area contributed by atoms with Crippen LogP contribution in [-0.2, 0) is 0 Å². The van der Waals surface area contributed by atoms with Gasteiger partial charge in [0.1, 0.15) is 0 Å². The number of hydrogen-bond acceptors (Lipinski definition) is 2. The second kappa shape index (κ2) is 13.9. The van der Waals surface area contributed by atoms with E-state index in [0.29, 0.717) is 0 Å². The van der Waals surface area contributed by atoms with Gasteiger partial charge in [0.25, 0.3) is 0 Å². The van der Waals surface area contributed by atoms with Crippen LogP contribution < -0.4 is 5.32 Å². The summed E-state index contributed by atoms with van der Waals surface area (Å²) in [5.41, 5.74) is 0. The van der Waals surface area contributed by atoms with Crippen molar-refractivity contribution < 1.29 is 0 Å². The summed E-state index contributed by atoms with van der Waals surface area (Å²) in [5, 5.41) is 2.75. The molecule has 1 aliphatic carbocycles. The largest absolute Gasteiger partial charge is 0.323 e. The van der Waals surface area contributed by atoms with E-state index in [1.165, 1.54) is 38.6 Å². The summed E-state index contributed by atoms with van der Waals surface area (Å²) in [6.07, 6.45) is 7.36. The van der Waals surface area contributed by atoms with Crippen LogP contribution in [0, 0.1) is 5.92 Å². The van der Waals surface area contributed by atoms with E-state index in [2.05, 4.69) is 24.3 Å². The molecule has 1 aliphatic rings. The summed E-state index contributed by atoms with van der Waals surface area (Å²) < 4.78 is 0. The van der Waals surface area contributed by atoms with Gasteiger partial charge < -0.3 is 10.2 Å². The van der Waals surface area contributed by atoms with Gasteiger partial charge in [-0.05, 0) is 47.0 Å². The van der Waals surface area contributed by atoms with Crippen LogP contribution in [-0.4, -0.2) is 39.6 Å². The molecular weight excluding hydrogens is 184 g/mol. The fraction of sp³-hybridized carbons (Fsp3) is 1.00. The minimum Gasteiger partial charge on any atom is -0.323 e. The first-order chi connectivity index (χ1) is 7.20. The van der Waals surface area contributed by atoms with E-state index in [4.69, 9.17) is 0 Å². The first kappa shape index (κ1) is 17.3. The summed E-state index contributed by atoms with van der Waals surface area (Å²) in [4.78, 5) is 2.32. The minimum absolute atomic E-state index is 1.00. The van der Waals surface area contributed by atoms with Crippen molar-refractivity contribution >= 4 is 0 Å². The van der Waals surface area contributed by atoms with Gasteiger partial charge in [-0.3, -0.25) is 0 Å². The molecule has 0 bridgehead atoms. The molecule has 0 saturated heterocycles. The van der Waals surface area contributed by atoms with E-state index >= 15 is 0 Å². The number of nitrogens with one attached hydrogen (secondary N) is 1. The summed E-state index contributed by atoms with van der Waals surface area (Å²) in [5.74, 6) is 1.00. The van der Waals surface area contributed by atoms with Crippen molar-refractivity contribution in [3.05, 3.63) is 0 Å². The van der Waals surface area contributed by atoms with E-state index in [0.717, 1.165) is 5.92 Å². The second-order valence-corrected chi connectivity index (χ2v) is 4.27. The molecule has 2 nitrogen and oxygen atoms in total. The molecule has 1 N–H and O–H groups in total. The predicted octanol–water partition coefficient (Wildman–Crippen LogP) is 2.99. The lowest BCUT2D eigenvalue weighted by Gasteiger charge is -2.24. The summed E-state index contributed by atoms with van der Waals surface area (Å²) in [6, 6.07) is 0. The molecule has 2 heteroatoms. The molecule has 15 heavy (non-hydrogen) atoms. The van der Waals surface area contributed by atoms with E-state index < -0.39 is 0 Å². The molecule has 1 saturated carbocycles. The van der Waals surface area contributed by atoms with Crippen molar-refractivity contribution in [2.45, 2.75) is 46.0 Å². The Kier molecular flexibility index (Phi) is 16.1. The molecule has 0 radical (unpaired) electrons. The Morgan fingerprint density at radius 1 is 1.00 bits per heavy atom. The first-order valence-corrected chi connectivity index (χ1v) is 6.44. The molecule has 1 fully saturated rings. The normalized spacial score (nSPS) is 16.2. The molecule has 0 heterocycles. The highest BCUT2D eigenvalue weighted by atomic mass is 15.1. The molecule has 0 aromatic heterocycles. The van der Waals surface area contributed by atoms with Crippen LogP contribution in [0.4, 0.5) is 0 Å². The second-order valence-electron chi connectivity index (χ2n) is 4.27. The summed E-state index contributed by atoms with van der Waals surface area (Å²) in [6.45, 7) is 5.31. The molecule has 0 unspecified atom stereocenters. The van der Waals surface area contributed by atoms with Crippen LogP contribution in [0.5, 0.6) is 0 Å². The molecule has 94 valence electrons.